The van der Waals surface area contributed by atoms with Gasteiger partial charge in [-0.05, 0) is 42.8 Å². The molecule has 0 aliphatic carbocycles. The molecule has 0 spiro atoms. The zero-order valence-corrected chi connectivity index (χ0v) is 20.0. The van der Waals surface area contributed by atoms with E-state index in [0.717, 1.165) is 14.9 Å². The van der Waals surface area contributed by atoms with Crippen LogP contribution in [0.3, 0.4) is 0 Å². The van der Waals surface area contributed by atoms with E-state index in [1.165, 1.54) is 28.9 Å². The van der Waals surface area contributed by atoms with Crippen LogP contribution in [0.25, 0.3) is 11.3 Å². The Morgan fingerprint density at radius 1 is 1.17 bits per heavy atom. The monoisotopic (exact) mass is 536 g/mol. The Kier molecular flexibility index (Phi) is 7.24. The van der Waals surface area contributed by atoms with E-state index in [4.69, 9.17) is 5.26 Å². The van der Waals surface area contributed by atoms with Gasteiger partial charge >= 0.3 is 6.03 Å². The summed E-state index contributed by atoms with van der Waals surface area (Å²) in [7, 11) is 0. The summed E-state index contributed by atoms with van der Waals surface area (Å²) in [5.74, 6) is -0.399. The molecule has 0 saturated carbocycles. The minimum absolute atomic E-state index is 0.0180. The molecule has 2 aromatic carbocycles. The van der Waals surface area contributed by atoms with E-state index >= 15 is 0 Å². The van der Waals surface area contributed by atoms with E-state index < -0.39 is 18.0 Å². The van der Waals surface area contributed by atoms with Crippen LogP contribution >= 0.6 is 15.9 Å². The van der Waals surface area contributed by atoms with Crippen molar-refractivity contribution in [2.45, 2.75) is 25.4 Å². The molecule has 1 fully saturated rings. The molecule has 0 bridgehead atoms. The van der Waals surface area contributed by atoms with Gasteiger partial charge in [-0.1, -0.05) is 28.1 Å². The summed E-state index contributed by atoms with van der Waals surface area (Å²) in [6.45, 7) is 0.0426. The summed E-state index contributed by atoms with van der Waals surface area (Å²) in [6.07, 6.45) is 0.0900. The molecule has 4 rings (SSSR count). The van der Waals surface area contributed by atoms with Crippen molar-refractivity contribution in [3.8, 4) is 17.3 Å². The number of nitrogens with one attached hydrogen (secondary N) is 2. The molecule has 1 aromatic heterocycles. The van der Waals surface area contributed by atoms with Crippen LogP contribution in [0.5, 0.6) is 0 Å². The smallest absolute Gasteiger partial charge is 0.329 e. The van der Waals surface area contributed by atoms with Crippen LogP contribution in [0.4, 0.5) is 16.3 Å². The molecule has 2 heterocycles. The number of aromatic nitrogens is 2. The number of nitriles is 1. The highest BCUT2D eigenvalue weighted by molar-refractivity contribution is 9.10. The molecule has 0 radical (unpaired) electrons. The molecule has 1 aliphatic rings. The van der Waals surface area contributed by atoms with Gasteiger partial charge in [-0.2, -0.15) is 10.4 Å². The fraction of sp³-hybridized carbons (Fsp3) is 0.208. The minimum atomic E-state index is -0.843. The first-order valence-electron chi connectivity index (χ1n) is 10.8. The van der Waals surface area contributed by atoms with Gasteiger partial charge in [-0.3, -0.25) is 9.59 Å². The van der Waals surface area contributed by atoms with Gasteiger partial charge in [-0.15, -0.1) is 0 Å². The molecule has 10 nitrogen and oxygen atoms in total. The van der Waals surface area contributed by atoms with E-state index in [1.807, 2.05) is 30.3 Å². The molecule has 3 aromatic rings. The molecule has 178 valence electrons. The molecule has 4 amide bonds. The van der Waals surface area contributed by atoms with Crippen molar-refractivity contribution in [2.75, 3.05) is 16.8 Å². The number of aliphatic hydroxyl groups excluding tert-OH is 1. The Balaban J connectivity index is 1.40. The van der Waals surface area contributed by atoms with Crippen molar-refractivity contribution in [1.29, 1.82) is 5.26 Å². The number of hydrogen-bond donors (Lipinski definition) is 3. The van der Waals surface area contributed by atoms with Gasteiger partial charge in [0.2, 0.25) is 5.91 Å². The molecule has 1 unspecified atom stereocenters. The molecular formula is C24H21BrN6O4. The molecule has 35 heavy (non-hydrogen) atoms. The Morgan fingerprint density at radius 3 is 2.54 bits per heavy atom. The second-order valence-electron chi connectivity index (χ2n) is 7.79. The lowest BCUT2D eigenvalue weighted by Crippen LogP contribution is -2.31. The SMILES string of the molecule is N#Cc1ccc(N2C(=O)NC(CCC(=O)Nc3cc(-c4ccc(Br)cc4)nn3CCO)C2=O)cc1. The minimum Gasteiger partial charge on any atom is -0.394 e. The topological polar surface area (TPSA) is 140 Å². The van der Waals surface area contributed by atoms with Gasteiger partial charge in [0.05, 0.1) is 36.2 Å². The quantitative estimate of drug-likeness (QED) is 0.378. The number of urea groups is 1. The molecular weight excluding hydrogens is 516 g/mol. The van der Waals surface area contributed by atoms with E-state index in [-0.39, 0.29) is 31.9 Å². The van der Waals surface area contributed by atoms with Crippen LogP contribution in [0, 0.1) is 11.3 Å². The first-order valence-corrected chi connectivity index (χ1v) is 11.6. The van der Waals surface area contributed by atoms with E-state index in [2.05, 4.69) is 31.7 Å². The number of benzene rings is 2. The summed E-state index contributed by atoms with van der Waals surface area (Å²) in [4.78, 5) is 38.8. The van der Waals surface area contributed by atoms with Crippen LogP contribution in [0.2, 0.25) is 0 Å². The number of imide groups is 1. The predicted octanol–water partition coefficient (Wildman–Crippen LogP) is 3.02. The van der Waals surface area contributed by atoms with Crippen LogP contribution in [-0.2, 0) is 16.1 Å². The van der Waals surface area contributed by atoms with Gasteiger partial charge in [0.1, 0.15) is 11.9 Å². The molecule has 1 saturated heterocycles. The van der Waals surface area contributed by atoms with Gasteiger partial charge in [-0.25, -0.2) is 14.4 Å². The number of anilines is 2. The third kappa shape index (κ3) is 5.40. The molecule has 1 aliphatic heterocycles. The Bertz CT molecular complexity index is 1300. The highest BCUT2D eigenvalue weighted by Crippen LogP contribution is 2.25. The number of hydrogen-bond acceptors (Lipinski definition) is 6. The predicted molar refractivity (Wildman–Crippen MR) is 131 cm³/mol. The van der Waals surface area contributed by atoms with Gasteiger partial charge in [0.25, 0.3) is 5.91 Å². The van der Waals surface area contributed by atoms with Crippen LogP contribution in [-0.4, -0.2) is 45.4 Å². The van der Waals surface area contributed by atoms with Crippen LogP contribution < -0.4 is 15.5 Å². The van der Waals surface area contributed by atoms with Gasteiger partial charge < -0.3 is 15.7 Å². The lowest BCUT2D eigenvalue weighted by molar-refractivity contribution is -0.119. The first kappa shape index (κ1) is 24.1. The first-order chi connectivity index (χ1) is 16.9. The average Bonchev–Trinajstić information content (AvgIpc) is 3.37. The lowest BCUT2D eigenvalue weighted by atomic mass is 10.1. The Hall–Kier alpha value is -4.01. The number of carbonyl (C=O) groups excluding carboxylic acids is 3. The van der Waals surface area contributed by atoms with Crippen molar-refractivity contribution in [3.05, 3.63) is 64.6 Å². The summed E-state index contributed by atoms with van der Waals surface area (Å²) in [5, 5.41) is 28.1. The number of rotatable bonds is 8. The second-order valence-corrected chi connectivity index (χ2v) is 8.71. The highest BCUT2D eigenvalue weighted by atomic mass is 79.9. The maximum atomic E-state index is 12.8. The van der Waals surface area contributed by atoms with E-state index in [9.17, 15) is 19.5 Å². The third-order valence-corrected chi connectivity index (χ3v) is 5.96. The fourth-order valence-corrected chi connectivity index (χ4v) is 3.95. The van der Waals surface area contributed by atoms with Crippen LogP contribution in [0.15, 0.2) is 59.1 Å². The van der Waals surface area contributed by atoms with Crippen molar-refractivity contribution < 1.29 is 19.5 Å². The highest BCUT2D eigenvalue weighted by Gasteiger charge is 2.39. The Morgan fingerprint density at radius 2 is 1.89 bits per heavy atom. The maximum Gasteiger partial charge on any atom is 0.329 e. The van der Waals surface area contributed by atoms with Crippen LogP contribution in [0.1, 0.15) is 18.4 Å². The van der Waals surface area contributed by atoms with Crippen molar-refractivity contribution in [2.24, 2.45) is 0 Å². The largest absolute Gasteiger partial charge is 0.394 e. The Labute approximate surface area is 209 Å². The molecule has 1 atom stereocenters. The van der Waals surface area contributed by atoms with Gasteiger partial charge in [0, 0.05) is 22.5 Å². The standard InChI is InChI=1S/C24H21BrN6O4/c25-17-5-3-16(4-6-17)20-13-21(30(29-20)11-12-32)28-22(33)10-9-19-23(34)31(24(35)27-19)18-7-1-15(14-26)2-8-18/h1-8,13,19,32H,9-12H2,(H,27,35)(H,28,33). The maximum absolute atomic E-state index is 12.8. The van der Waals surface area contributed by atoms with Gasteiger partial charge in [0.15, 0.2) is 0 Å². The zero-order chi connectivity index (χ0) is 24.9. The number of halogens is 1. The fourth-order valence-electron chi connectivity index (χ4n) is 3.68. The van der Waals surface area contributed by atoms with E-state index in [0.29, 0.717) is 22.8 Å². The van der Waals surface area contributed by atoms with Crippen molar-refractivity contribution in [1.82, 2.24) is 15.1 Å². The molecule has 3 N–H and O–H groups in total. The van der Waals surface area contributed by atoms with Crippen molar-refractivity contribution in [3.63, 3.8) is 0 Å². The normalized spacial score (nSPS) is 15.1. The zero-order valence-electron chi connectivity index (χ0n) is 18.4. The number of nitrogens with zero attached hydrogens (tertiary/aromatic N) is 4. The number of aliphatic hydroxyl groups is 1. The lowest BCUT2D eigenvalue weighted by Gasteiger charge is -2.13. The summed E-state index contributed by atoms with van der Waals surface area (Å²) < 4.78 is 2.43. The van der Waals surface area contributed by atoms with E-state index in [1.54, 1.807) is 6.07 Å². The average molecular weight is 537 g/mol. The number of amides is 4. The summed E-state index contributed by atoms with van der Waals surface area (Å²) >= 11 is 3.39. The molecule has 11 heteroatoms. The van der Waals surface area contributed by atoms with Crippen molar-refractivity contribution >= 4 is 45.3 Å². The number of carbonyl (C=O) groups is 3. The third-order valence-electron chi connectivity index (χ3n) is 5.43. The summed E-state index contributed by atoms with van der Waals surface area (Å²) in [5.41, 5.74) is 2.25. The second kappa shape index (κ2) is 10.5. The summed E-state index contributed by atoms with van der Waals surface area (Å²) in [6, 6.07) is 15.9.